The van der Waals surface area contributed by atoms with Gasteiger partial charge in [0.1, 0.15) is 5.75 Å². The van der Waals surface area contributed by atoms with E-state index in [2.05, 4.69) is 73.2 Å². The molecule has 0 N–H and O–H groups in total. The summed E-state index contributed by atoms with van der Waals surface area (Å²) in [6, 6.07) is 15.2. The Morgan fingerprint density at radius 3 is 2.62 bits per heavy atom. The van der Waals surface area contributed by atoms with Gasteiger partial charge in [-0.05, 0) is 49.7 Å². The lowest BCUT2D eigenvalue weighted by Crippen LogP contribution is -2.32. The fraction of sp³-hybridized carbons (Fsp3) is 0.280. The molecule has 0 saturated heterocycles. The van der Waals surface area contributed by atoms with Gasteiger partial charge in [0.05, 0.1) is 54.1 Å². The predicted octanol–water partition coefficient (Wildman–Crippen LogP) is 4.39. The summed E-state index contributed by atoms with van der Waals surface area (Å²) in [6.07, 6.45) is 7.93. The van der Waals surface area contributed by atoms with Gasteiger partial charge < -0.3 is 14.2 Å². The van der Waals surface area contributed by atoms with E-state index in [1.54, 1.807) is 7.11 Å². The van der Waals surface area contributed by atoms with Crippen molar-refractivity contribution in [3.8, 4) is 17.1 Å². The molecule has 6 nitrogen and oxygen atoms in total. The van der Waals surface area contributed by atoms with Gasteiger partial charge in [0.25, 0.3) is 0 Å². The number of imidazole rings is 1. The van der Waals surface area contributed by atoms with Crippen LogP contribution in [0.5, 0.6) is 5.75 Å². The minimum atomic E-state index is 0.290. The topological polar surface area (TPSA) is 48.1 Å². The number of anilines is 1. The second kappa shape index (κ2) is 8.44. The van der Waals surface area contributed by atoms with Gasteiger partial charge in [-0.2, -0.15) is 5.10 Å². The first-order valence-electron chi connectivity index (χ1n) is 10.9. The first-order valence-corrected chi connectivity index (χ1v) is 11.5. The maximum atomic E-state index is 5.72. The zero-order valence-corrected chi connectivity index (χ0v) is 19.8. The lowest BCUT2D eigenvalue weighted by Gasteiger charge is -2.34. The van der Waals surface area contributed by atoms with E-state index >= 15 is 0 Å². The van der Waals surface area contributed by atoms with Crippen LogP contribution in [0.25, 0.3) is 11.4 Å². The summed E-state index contributed by atoms with van der Waals surface area (Å²) in [5, 5.41) is 5.99. The van der Waals surface area contributed by atoms with Gasteiger partial charge in [0.15, 0.2) is 0 Å². The fourth-order valence-electron chi connectivity index (χ4n) is 4.52. The van der Waals surface area contributed by atoms with E-state index < -0.39 is 0 Å². The molecule has 5 rings (SSSR count). The molecule has 1 aliphatic heterocycles. The minimum absolute atomic E-state index is 0.290. The molecule has 0 bridgehead atoms. The highest BCUT2D eigenvalue weighted by molar-refractivity contribution is 7.27. The number of benzene rings is 2. The molecule has 0 radical (unpaired) electrons. The average Bonchev–Trinajstić information content (AvgIpc) is 3.45. The second-order valence-electron chi connectivity index (χ2n) is 8.31. The van der Waals surface area contributed by atoms with Crippen molar-refractivity contribution in [1.29, 1.82) is 0 Å². The zero-order chi connectivity index (χ0) is 22.2. The van der Waals surface area contributed by atoms with Crippen molar-refractivity contribution in [1.82, 2.24) is 19.3 Å². The highest BCUT2D eigenvalue weighted by Crippen LogP contribution is 2.36. The summed E-state index contributed by atoms with van der Waals surface area (Å²) in [7, 11) is 4.46. The monoisotopic (exact) mass is 445 g/mol. The van der Waals surface area contributed by atoms with Crippen molar-refractivity contribution in [2.45, 2.75) is 32.7 Å². The lowest BCUT2D eigenvalue weighted by atomic mass is 10.0. The van der Waals surface area contributed by atoms with Crippen LogP contribution in [0.1, 0.15) is 36.3 Å². The molecule has 0 aliphatic carbocycles. The van der Waals surface area contributed by atoms with Crippen LogP contribution < -0.4 is 14.9 Å². The third-order valence-corrected chi connectivity index (χ3v) is 6.64. The predicted molar refractivity (Wildman–Crippen MR) is 132 cm³/mol. The quantitative estimate of drug-likeness (QED) is 0.428. The van der Waals surface area contributed by atoms with Crippen LogP contribution >= 0.6 is 9.24 Å². The molecular formula is C25H28N5OP. The molecular weight excluding hydrogens is 417 g/mol. The first-order chi connectivity index (χ1) is 15.5. The second-order valence-corrected chi connectivity index (χ2v) is 8.97. The Balaban J connectivity index is 1.49. The molecule has 2 unspecified atom stereocenters. The Morgan fingerprint density at radius 2 is 1.91 bits per heavy atom. The number of nitrogens with zero attached hydrogens (tertiary/aromatic N) is 5. The summed E-state index contributed by atoms with van der Waals surface area (Å²) in [4.78, 5) is 6.81. The maximum Gasteiger partial charge on any atom is 0.145 e. The van der Waals surface area contributed by atoms with E-state index in [1.807, 2.05) is 30.2 Å². The molecule has 0 saturated carbocycles. The Hall–Kier alpha value is -3.11. The minimum Gasteiger partial charge on any atom is -0.494 e. The third kappa shape index (κ3) is 3.69. The maximum absolute atomic E-state index is 5.72. The van der Waals surface area contributed by atoms with Gasteiger partial charge in [-0.15, -0.1) is 9.24 Å². The van der Waals surface area contributed by atoms with Crippen LogP contribution in [0.2, 0.25) is 0 Å². The molecule has 164 valence electrons. The largest absolute Gasteiger partial charge is 0.494 e. The van der Waals surface area contributed by atoms with Crippen molar-refractivity contribution >= 4 is 20.2 Å². The number of hydrogen-bond acceptors (Lipinski definition) is 4. The van der Waals surface area contributed by atoms with E-state index in [0.717, 1.165) is 42.2 Å². The Labute approximate surface area is 191 Å². The Bertz CT molecular complexity index is 1240. The van der Waals surface area contributed by atoms with Gasteiger partial charge in [0.2, 0.25) is 0 Å². The molecule has 3 heterocycles. The molecule has 2 aromatic carbocycles. The Morgan fingerprint density at radius 1 is 1.09 bits per heavy atom. The molecule has 32 heavy (non-hydrogen) atoms. The molecule has 2 atom stereocenters. The van der Waals surface area contributed by atoms with Crippen LogP contribution in [0.15, 0.2) is 61.2 Å². The summed E-state index contributed by atoms with van der Waals surface area (Å²) < 4.78 is 9.76. The lowest BCUT2D eigenvalue weighted by molar-refractivity contribution is 0.412. The normalized spacial score (nSPS) is 14.3. The molecule has 2 aromatic heterocycles. The van der Waals surface area contributed by atoms with Gasteiger partial charge in [0, 0.05) is 18.8 Å². The van der Waals surface area contributed by atoms with E-state index in [0.29, 0.717) is 6.04 Å². The number of methoxy groups -OCH3 is 1. The smallest absolute Gasteiger partial charge is 0.145 e. The summed E-state index contributed by atoms with van der Waals surface area (Å²) in [5.74, 6) is 0.794. The van der Waals surface area contributed by atoms with E-state index in [4.69, 9.17) is 9.84 Å². The average molecular weight is 446 g/mol. The third-order valence-electron chi connectivity index (χ3n) is 6.25. The number of hydrogen-bond donors (Lipinski definition) is 0. The molecule has 7 heteroatoms. The van der Waals surface area contributed by atoms with E-state index in [1.165, 1.54) is 22.2 Å². The number of aromatic nitrogens is 4. The van der Waals surface area contributed by atoms with Gasteiger partial charge >= 0.3 is 0 Å². The van der Waals surface area contributed by atoms with E-state index in [9.17, 15) is 0 Å². The molecule has 0 spiro atoms. The van der Waals surface area contributed by atoms with Gasteiger partial charge in [-0.25, -0.2) is 9.67 Å². The number of fused-ring (bicyclic) bond motifs is 1. The number of aryl methyl sites for hydroxylation is 1. The van der Waals surface area contributed by atoms with Crippen LogP contribution in [0.4, 0.5) is 5.69 Å². The number of rotatable bonds is 5. The van der Waals surface area contributed by atoms with Crippen molar-refractivity contribution < 1.29 is 4.74 Å². The van der Waals surface area contributed by atoms with Crippen molar-refractivity contribution in [2.75, 3.05) is 18.6 Å². The van der Waals surface area contributed by atoms with Crippen LogP contribution in [0.3, 0.4) is 0 Å². The SMILES string of the molecule is COc1cc(-n2ncc3c2CCCN3C(C)c2ccc(P)cc2)ccc1-n1cnc(C)c1. The van der Waals surface area contributed by atoms with Gasteiger partial charge in [-0.3, -0.25) is 0 Å². The van der Waals surface area contributed by atoms with Crippen LogP contribution in [0, 0.1) is 6.92 Å². The first kappa shape index (κ1) is 20.8. The van der Waals surface area contributed by atoms with Crippen LogP contribution in [-0.4, -0.2) is 33.0 Å². The molecule has 4 aromatic rings. The standard InChI is InChI=1S/C25H28N5OP/c1-17-15-28(16-26-17)23-11-8-20(13-25(23)31-3)30-22-5-4-12-29(24(22)14-27-30)18(2)19-6-9-21(32)10-7-19/h6-11,13-16,18H,4-5,12,32H2,1-3H3. The zero-order valence-electron chi connectivity index (χ0n) is 18.7. The molecule has 1 aliphatic rings. The molecule has 0 amide bonds. The summed E-state index contributed by atoms with van der Waals surface area (Å²) in [6.45, 7) is 5.29. The van der Waals surface area contributed by atoms with Crippen molar-refractivity contribution in [2.24, 2.45) is 0 Å². The van der Waals surface area contributed by atoms with Gasteiger partial charge in [-0.1, -0.05) is 24.3 Å². The van der Waals surface area contributed by atoms with E-state index in [-0.39, 0.29) is 0 Å². The summed E-state index contributed by atoms with van der Waals surface area (Å²) in [5.41, 5.74) is 6.72. The van der Waals surface area contributed by atoms with Crippen molar-refractivity contribution in [3.63, 3.8) is 0 Å². The Kier molecular flexibility index (Phi) is 5.48. The van der Waals surface area contributed by atoms with Crippen LogP contribution in [-0.2, 0) is 6.42 Å². The molecule has 0 fully saturated rings. The highest BCUT2D eigenvalue weighted by Gasteiger charge is 2.26. The number of ether oxygens (including phenoxy) is 1. The highest BCUT2D eigenvalue weighted by atomic mass is 31.0. The van der Waals surface area contributed by atoms with Crippen molar-refractivity contribution in [3.05, 3.63) is 78.1 Å². The fourth-order valence-corrected chi connectivity index (χ4v) is 4.71. The summed E-state index contributed by atoms with van der Waals surface area (Å²) >= 11 is 0.